The summed E-state index contributed by atoms with van der Waals surface area (Å²) in [6.07, 6.45) is 7.08. The van der Waals surface area contributed by atoms with Crippen LogP contribution in [-0.4, -0.2) is 56.3 Å². The van der Waals surface area contributed by atoms with Crippen molar-refractivity contribution in [2.45, 2.75) is 128 Å². The van der Waals surface area contributed by atoms with Crippen LogP contribution in [0.3, 0.4) is 0 Å². The molecule has 8 nitrogen and oxygen atoms in total. The Kier molecular flexibility index (Phi) is 8.44. The average molecular weight is 551 g/mol. The van der Waals surface area contributed by atoms with E-state index in [1.807, 2.05) is 24.3 Å². The van der Waals surface area contributed by atoms with Crippen molar-refractivity contribution in [2.75, 3.05) is 0 Å². The molecular weight excluding hydrogens is 504 g/mol. The minimum Gasteiger partial charge on any atom is -0.462 e. The Morgan fingerprint density at radius 2 is 1.18 bits per heavy atom. The molecule has 0 spiro atoms. The first kappa shape index (κ1) is 30.1. The summed E-state index contributed by atoms with van der Waals surface area (Å²) >= 11 is 0. The second-order valence-electron chi connectivity index (χ2n) is 14.2. The number of aromatic nitrogens is 2. The Morgan fingerprint density at radius 1 is 0.725 bits per heavy atom. The van der Waals surface area contributed by atoms with Gasteiger partial charge in [-0.25, -0.2) is 14.8 Å². The summed E-state index contributed by atoms with van der Waals surface area (Å²) in [6.45, 7) is 17.1. The van der Waals surface area contributed by atoms with Crippen LogP contribution in [-0.2, 0) is 20.7 Å². The molecule has 2 aromatic rings. The van der Waals surface area contributed by atoms with Gasteiger partial charge in [0.05, 0.1) is 0 Å². The molecule has 2 saturated heterocycles. The van der Waals surface area contributed by atoms with E-state index in [1.54, 1.807) is 12.4 Å². The molecule has 2 fully saturated rings. The van der Waals surface area contributed by atoms with Crippen LogP contribution in [0, 0.1) is 0 Å². The van der Waals surface area contributed by atoms with Crippen LogP contribution in [0.1, 0.15) is 104 Å². The molecule has 8 heteroatoms. The van der Waals surface area contributed by atoms with Crippen LogP contribution >= 0.6 is 0 Å². The highest BCUT2D eigenvalue weighted by Gasteiger charge is 2.40. The summed E-state index contributed by atoms with van der Waals surface area (Å²) in [5.41, 5.74) is 2.44. The van der Waals surface area contributed by atoms with Gasteiger partial charge >= 0.3 is 11.9 Å². The fourth-order valence-electron chi connectivity index (χ4n) is 6.77. The second kappa shape index (κ2) is 11.2. The van der Waals surface area contributed by atoms with Gasteiger partial charge in [-0.15, -0.1) is 0 Å². The quantitative estimate of drug-likeness (QED) is 0.442. The molecule has 0 atom stereocenters. The lowest BCUT2D eigenvalue weighted by Crippen LogP contribution is -2.59. The number of carbonyl (C=O) groups excluding carboxylic acids is 2. The summed E-state index contributed by atoms with van der Waals surface area (Å²) in [5.74, 6) is -0.590. The van der Waals surface area contributed by atoms with Gasteiger partial charge in [-0.05, 0) is 72.9 Å². The first-order valence-electron chi connectivity index (χ1n) is 14.4. The summed E-state index contributed by atoms with van der Waals surface area (Å²) in [6, 6.07) is 7.97. The van der Waals surface area contributed by atoms with Crippen molar-refractivity contribution in [3.05, 3.63) is 48.0 Å². The maximum Gasteiger partial charge on any atom is 0.376 e. The largest absolute Gasteiger partial charge is 0.462 e. The van der Waals surface area contributed by atoms with E-state index in [1.165, 1.54) is 0 Å². The van der Waals surface area contributed by atoms with Crippen molar-refractivity contribution in [2.24, 2.45) is 0 Å². The lowest BCUT2D eigenvalue weighted by Gasteiger charge is -2.45. The predicted octanol–water partition coefficient (Wildman–Crippen LogP) is 5.39. The molecule has 0 radical (unpaired) electrons. The minimum atomic E-state index is -0.496. The molecule has 218 valence electrons. The molecule has 1 aromatic carbocycles. The van der Waals surface area contributed by atoms with E-state index < -0.39 is 5.97 Å². The third-order valence-electron chi connectivity index (χ3n) is 7.62. The first-order valence-corrected chi connectivity index (χ1v) is 14.4. The van der Waals surface area contributed by atoms with Crippen LogP contribution in [0.25, 0.3) is 11.1 Å². The van der Waals surface area contributed by atoms with Crippen LogP contribution in [0.2, 0.25) is 0 Å². The Labute approximate surface area is 239 Å². The standard InChI is InChI=1S/C32H46N4O4/c1-29(2)15-24(16-30(3,4)35-29)39-26(37)14-11-21-9-12-22(13-10-21)23-19-33-27(34-20-23)28(38)40-25-17-31(5,6)36-32(7,8)18-25/h9-10,12-13,19-20,24-25,35-36H,11,14-18H2,1-8H3. The van der Waals surface area contributed by atoms with Gasteiger partial charge < -0.3 is 20.1 Å². The maximum absolute atomic E-state index is 12.7. The van der Waals surface area contributed by atoms with Crippen molar-refractivity contribution >= 4 is 11.9 Å². The zero-order valence-electron chi connectivity index (χ0n) is 25.4. The highest BCUT2D eigenvalue weighted by atomic mass is 16.5. The van der Waals surface area contributed by atoms with E-state index in [9.17, 15) is 9.59 Å². The van der Waals surface area contributed by atoms with E-state index in [4.69, 9.17) is 9.47 Å². The van der Waals surface area contributed by atoms with Gasteiger partial charge in [-0.3, -0.25) is 4.79 Å². The molecular formula is C32H46N4O4. The van der Waals surface area contributed by atoms with E-state index in [0.717, 1.165) is 42.4 Å². The number of benzene rings is 1. The predicted molar refractivity (Wildman–Crippen MR) is 156 cm³/mol. The van der Waals surface area contributed by atoms with Crippen LogP contribution in [0.4, 0.5) is 0 Å². The zero-order valence-corrected chi connectivity index (χ0v) is 25.4. The van der Waals surface area contributed by atoms with Crippen LogP contribution < -0.4 is 10.6 Å². The molecule has 0 amide bonds. The highest BCUT2D eigenvalue weighted by Crippen LogP contribution is 2.32. The molecule has 0 aliphatic carbocycles. The molecule has 2 aliphatic heterocycles. The van der Waals surface area contributed by atoms with Crippen molar-refractivity contribution in [1.82, 2.24) is 20.6 Å². The Hall–Kier alpha value is -2.84. The molecule has 0 bridgehead atoms. The van der Waals surface area contributed by atoms with Crippen molar-refractivity contribution in [3.63, 3.8) is 0 Å². The normalized spacial score (nSPS) is 21.9. The summed E-state index contributed by atoms with van der Waals surface area (Å²) in [7, 11) is 0. The smallest absolute Gasteiger partial charge is 0.376 e. The number of rotatable bonds is 7. The van der Waals surface area contributed by atoms with E-state index >= 15 is 0 Å². The van der Waals surface area contributed by atoms with E-state index in [2.05, 4.69) is 76.0 Å². The number of esters is 2. The number of ether oxygens (including phenoxy) is 2. The Balaban J connectivity index is 1.28. The second-order valence-corrected chi connectivity index (χ2v) is 14.2. The van der Waals surface area contributed by atoms with Gasteiger partial charge in [0.2, 0.25) is 5.82 Å². The van der Waals surface area contributed by atoms with Crippen molar-refractivity contribution < 1.29 is 19.1 Å². The number of nitrogens with one attached hydrogen (secondary N) is 2. The molecule has 4 rings (SSSR count). The van der Waals surface area contributed by atoms with Gasteiger partial charge in [0, 0.05) is 72.2 Å². The number of carbonyl (C=O) groups is 2. The molecule has 1 aromatic heterocycles. The first-order chi connectivity index (χ1) is 18.5. The van der Waals surface area contributed by atoms with Crippen molar-refractivity contribution in [1.29, 1.82) is 0 Å². The van der Waals surface area contributed by atoms with E-state index in [-0.39, 0.29) is 46.2 Å². The van der Waals surface area contributed by atoms with E-state index in [0.29, 0.717) is 12.8 Å². The Morgan fingerprint density at radius 3 is 1.65 bits per heavy atom. The molecule has 0 unspecified atom stereocenters. The molecule has 0 saturated carbocycles. The zero-order chi connectivity index (χ0) is 29.3. The summed E-state index contributed by atoms with van der Waals surface area (Å²) in [5, 5.41) is 7.21. The maximum atomic E-state index is 12.7. The van der Waals surface area contributed by atoms with Gasteiger partial charge in [0.15, 0.2) is 0 Å². The van der Waals surface area contributed by atoms with Crippen LogP contribution in [0.15, 0.2) is 36.7 Å². The van der Waals surface area contributed by atoms with Gasteiger partial charge in [0.1, 0.15) is 12.2 Å². The van der Waals surface area contributed by atoms with Gasteiger partial charge in [0.25, 0.3) is 0 Å². The van der Waals surface area contributed by atoms with Gasteiger partial charge in [-0.1, -0.05) is 24.3 Å². The molecule has 3 heterocycles. The fraction of sp³-hybridized carbons (Fsp3) is 0.625. The summed E-state index contributed by atoms with van der Waals surface area (Å²) in [4.78, 5) is 33.9. The molecule has 40 heavy (non-hydrogen) atoms. The fourth-order valence-corrected chi connectivity index (χ4v) is 6.77. The lowest BCUT2D eigenvalue weighted by atomic mass is 9.81. The number of hydrogen-bond acceptors (Lipinski definition) is 8. The molecule has 2 aliphatic rings. The van der Waals surface area contributed by atoms with Crippen molar-refractivity contribution in [3.8, 4) is 11.1 Å². The topological polar surface area (TPSA) is 102 Å². The number of aryl methyl sites for hydroxylation is 1. The van der Waals surface area contributed by atoms with Crippen LogP contribution in [0.5, 0.6) is 0 Å². The van der Waals surface area contributed by atoms with Gasteiger partial charge in [-0.2, -0.15) is 0 Å². The average Bonchev–Trinajstić information content (AvgIpc) is 2.79. The minimum absolute atomic E-state index is 0.0632. The molecule has 2 N–H and O–H groups in total. The number of hydrogen-bond donors (Lipinski definition) is 2. The highest BCUT2D eigenvalue weighted by molar-refractivity contribution is 5.85. The number of piperidine rings is 2. The lowest BCUT2D eigenvalue weighted by molar-refractivity contribution is -0.153. The third kappa shape index (κ3) is 8.33. The number of nitrogens with zero attached hydrogens (tertiary/aromatic N) is 2. The monoisotopic (exact) mass is 550 g/mol. The third-order valence-corrected chi connectivity index (χ3v) is 7.62. The Bertz CT molecular complexity index is 1170. The summed E-state index contributed by atoms with van der Waals surface area (Å²) < 4.78 is 11.6. The SMILES string of the molecule is CC1(C)CC(OC(=O)CCc2ccc(-c3cnc(C(=O)OC4CC(C)(C)NC(C)(C)C4)nc3)cc2)CC(C)(C)N1.